The van der Waals surface area contributed by atoms with Crippen molar-refractivity contribution < 1.29 is 14.2 Å². The summed E-state index contributed by atoms with van der Waals surface area (Å²) in [6.07, 6.45) is 0.269. The molecule has 1 aromatic heterocycles. The second kappa shape index (κ2) is 6.19. The topological polar surface area (TPSA) is 100 Å². The summed E-state index contributed by atoms with van der Waals surface area (Å²) in [4.78, 5) is 37.2. The van der Waals surface area contributed by atoms with E-state index in [1.54, 1.807) is 7.11 Å². The number of hydrogen-bond donors (Lipinski definition) is 0. The van der Waals surface area contributed by atoms with Gasteiger partial charge in [0.2, 0.25) is 0 Å². The molecule has 2 fully saturated rings. The average Bonchev–Trinajstić information content (AvgIpc) is 3.38. The zero-order valence-corrected chi connectivity index (χ0v) is 12.4. The van der Waals surface area contributed by atoms with Crippen LogP contribution in [0.25, 0.3) is 0 Å². The Morgan fingerprint density at radius 1 is 0.955 bits per heavy atom. The molecule has 0 aliphatic carbocycles. The molecule has 3 heterocycles. The number of aromatic nitrogens is 3. The summed E-state index contributed by atoms with van der Waals surface area (Å²) in [5.74, 6) is 0. The number of hydrogen-bond acceptors (Lipinski definition) is 6. The molecule has 1 aromatic rings. The Kier molecular flexibility index (Phi) is 4.27. The number of nitrogens with zero attached hydrogens (tertiary/aromatic N) is 3. The maximum absolute atomic E-state index is 12.4. The Labute approximate surface area is 125 Å². The Hall–Kier alpha value is -1.71. The lowest BCUT2D eigenvalue weighted by Crippen LogP contribution is -2.55. The highest BCUT2D eigenvalue weighted by Gasteiger charge is 2.29. The fourth-order valence-electron chi connectivity index (χ4n) is 2.31. The third-order valence-corrected chi connectivity index (χ3v) is 3.69. The summed E-state index contributed by atoms with van der Waals surface area (Å²) in [7, 11) is 1.55. The first-order chi connectivity index (χ1) is 10.6. The Morgan fingerprint density at radius 3 is 1.82 bits per heavy atom. The molecule has 9 heteroatoms. The van der Waals surface area contributed by atoms with Crippen LogP contribution >= 0.6 is 0 Å². The van der Waals surface area contributed by atoms with Gasteiger partial charge in [0.15, 0.2) is 0 Å². The van der Waals surface area contributed by atoms with Crippen LogP contribution < -0.4 is 17.1 Å². The third kappa shape index (κ3) is 3.21. The van der Waals surface area contributed by atoms with Gasteiger partial charge in [-0.3, -0.25) is 0 Å². The highest BCUT2D eigenvalue weighted by atomic mass is 16.6. The van der Waals surface area contributed by atoms with Gasteiger partial charge in [-0.1, -0.05) is 0 Å². The molecule has 22 heavy (non-hydrogen) atoms. The van der Waals surface area contributed by atoms with Crippen molar-refractivity contribution in [1.29, 1.82) is 0 Å². The van der Waals surface area contributed by atoms with Crippen molar-refractivity contribution in [3.05, 3.63) is 31.5 Å². The van der Waals surface area contributed by atoms with Crippen molar-refractivity contribution in [2.45, 2.75) is 38.3 Å². The van der Waals surface area contributed by atoms with Crippen molar-refractivity contribution in [1.82, 2.24) is 13.7 Å². The third-order valence-electron chi connectivity index (χ3n) is 3.69. The van der Waals surface area contributed by atoms with Gasteiger partial charge in [-0.2, -0.15) is 0 Å². The molecule has 0 saturated carbocycles. The summed E-state index contributed by atoms with van der Waals surface area (Å²) in [6, 6.07) is 0. The molecular formula is C13H19N3O6. The summed E-state index contributed by atoms with van der Waals surface area (Å²) in [5.41, 5.74) is -1.77. The maximum Gasteiger partial charge on any atom is 0.336 e. The predicted molar refractivity (Wildman–Crippen MR) is 75.2 cm³/mol. The van der Waals surface area contributed by atoms with Gasteiger partial charge in [-0.25, -0.2) is 28.1 Å². The lowest BCUT2D eigenvalue weighted by atomic mass is 10.4. The summed E-state index contributed by atoms with van der Waals surface area (Å²) in [6.45, 7) is 2.05. The Balaban J connectivity index is 2.00. The van der Waals surface area contributed by atoms with Crippen molar-refractivity contribution in [3.63, 3.8) is 0 Å². The van der Waals surface area contributed by atoms with Crippen molar-refractivity contribution in [2.75, 3.05) is 26.9 Å². The molecule has 0 bridgehead atoms. The minimum atomic E-state index is -0.594. The zero-order chi connectivity index (χ0) is 15.7. The van der Waals surface area contributed by atoms with Gasteiger partial charge >= 0.3 is 17.1 Å². The molecule has 2 saturated heterocycles. The monoisotopic (exact) mass is 313 g/mol. The molecule has 0 spiro atoms. The van der Waals surface area contributed by atoms with E-state index in [4.69, 9.17) is 14.2 Å². The molecule has 0 radical (unpaired) electrons. The molecule has 3 rings (SSSR count). The van der Waals surface area contributed by atoms with Crippen LogP contribution in [0.2, 0.25) is 0 Å². The van der Waals surface area contributed by atoms with E-state index >= 15 is 0 Å². The van der Waals surface area contributed by atoms with Crippen LogP contribution in [-0.2, 0) is 33.8 Å². The van der Waals surface area contributed by atoms with Gasteiger partial charge in [0.25, 0.3) is 0 Å². The predicted octanol–water partition coefficient (Wildman–Crippen LogP) is -1.99. The fourth-order valence-corrected chi connectivity index (χ4v) is 2.31. The molecule has 0 N–H and O–H groups in total. The quantitative estimate of drug-likeness (QED) is 0.407. The largest absolute Gasteiger partial charge is 0.385 e. The Bertz CT molecular complexity index is 658. The second-order valence-electron chi connectivity index (χ2n) is 5.48. The van der Waals surface area contributed by atoms with Crippen LogP contribution in [0, 0.1) is 0 Å². The Morgan fingerprint density at radius 2 is 1.41 bits per heavy atom. The van der Waals surface area contributed by atoms with Gasteiger partial charge < -0.3 is 14.2 Å². The lowest BCUT2D eigenvalue weighted by molar-refractivity contribution is 0.188. The van der Waals surface area contributed by atoms with E-state index < -0.39 is 17.1 Å². The van der Waals surface area contributed by atoms with Crippen LogP contribution in [0.4, 0.5) is 0 Å². The minimum Gasteiger partial charge on any atom is -0.385 e. The first-order valence-corrected chi connectivity index (χ1v) is 7.28. The van der Waals surface area contributed by atoms with Gasteiger partial charge in [-0.05, 0) is 6.42 Å². The summed E-state index contributed by atoms with van der Waals surface area (Å²) < 4.78 is 18.4. The average molecular weight is 313 g/mol. The van der Waals surface area contributed by atoms with E-state index in [2.05, 4.69) is 0 Å². The number of ether oxygens (including phenoxy) is 3. The normalized spacial score (nSPS) is 22.8. The molecule has 0 aromatic carbocycles. The summed E-state index contributed by atoms with van der Waals surface area (Å²) in [5, 5.41) is 0. The fraction of sp³-hybridized carbons (Fsp3) is 0.769. The van der Waals surface area contributed by atoms with Crippen LogP contribution in [-0.4, -0.2) is 52.8 Å². The highest BCUT2D eigenvalue weighted by Crippen LogP contribution is 2.10. The van der Waals surface area contributed by atoms with Crippen LogP contribution in [0.15, 0.2) is 14.4 Å². The molecule has 2 unspecified atom stereocenters. The zero-order valence-electron chi connectivity index (χ0n) is 12.4. The van der Waals surface area contributed by atoms with Crippen LogP contribution in [0.1, 0.15) is 6.42 Å². The second-order valence-corrected chi connectivity index (χ2v) is 5.48. The van der Waals surface area contributed by atoms with Gasteiger partial charge in [0.1, 0.15) is 0 Å². The van der Waals surface area contributed by atoms with E-state index in [0.29, 0.717) is 26.2 Å². The summed E-state index contributed by atoms with van der Waals surface area (Å²) >= 11 is 0. The van der Waals surface area contributed by atoms with E-state index in [-0.39, 0.29) is 31.8 Å². The van der Waals surface area contributed by atoms with E-state index in [9.17, 15) is 14.4 Å². The minimum absolute atomic E-state index is 0.124. The van der Waals surface area contributed by atoms with Crippen LogP contribution in [0.3, 0.4) is 0 Å². The van der Waals surface area contributed by atoms with Gasteiger partial charge in [0, 0.05) is 20.3 Å². The molecule has 122 valence electrons. The van der Waals surface area contributed by atoms with Gasteiger partial charge in [0.05, 0.1) is 38.5 Å². The molecule has 2 aliphatic heterocycles. The van der Waals surface area contributed by atoms with E-state index in [1.807, 2.05) is 0 Å². The maximum atomic E-state index is 12.4. The van der Waals surface area contributed by atoms with Gasteiger partial charge in [-0.15, -0.1) is 0 Å². The standard InChI is InChI=1S/C13H19N3O6/c1-20-4-2-3-14-11(17)15(5-9-7-21-9)13(19)16(12(14)18)6-10-8-22-10/h9-10H,2-8H2,1H3. The van der Waals surface area contributed by atoms with Crippen molar-refractivity contribution >= 4 is 0 Å². The number of epoxide rings is 2. The molecule has 2 aliphatic rings. The van der Waals surface area contributed by atoms with Crippen molar-refractivity contribution in [2.24, 2.45) is 0 Å². The SMILES string of the molecule is COCCCn1c(=O)n(CC2CO2)c(=O)n(CC2CO2)c1=O. The molecule has 9 nitrogen and oxygen atoms in total. The van der Waals surface area contributed by atoms with E-state index in [0.717, 1.165) is 13.7 Å². The van der Waals surface area contributed by atoms with E-state index in [1.165, 1.54) is 0 Å². The van der Waals surface area contributed by atoms with Crippen LogP contribution in [0.5, 0.6) is 0 Å². The first-order valence-electron chi connectivity index (χ1n) is 7.28. The lowest BCUT2D eigenvalue weighted by Gasteiger charge is -2.12. The smallest absolute Gasteiger partial charge is 0.336 e. The number of rotatable bonds is 8. The first kappa shape index (κ1) is 15.2. The number of methoxy groups -OCH3 is 1. The molecule has 0 amide bonds. The highest BCUT2D eigenvalue weighted by molar-refractivity contribution is 4.84. The molecular weight excluding hydrogens is 294 g/mol. The molecule has 2 atom stereocenters. The van der Waals surface area contributed by atoms with Crippen molar-refractivity contribution in [3.8, 4) is 0 Å².